The van der Waals surface area contributed by atoms with Gasteiger partial charge in [0.25, 0.3) is 0 Å². The second-order valence-corrected chi connectivity index (χ2v) is 6.41. The zero-order valence-corrected chi connectivity index (χ0v) is 16.5. The van der Waals surface area contributed by atoms with E-state index in [1.54, 1.807) is 0 Å². The Kier molecular flexibility index (Phi) is 8.82. The summed E-state index contributed by atoms with van der Waals surface area (Å²) in [7, 11) is 0. The fourth-order valence-corrected chi connectivity index (χ4v) is 2.76. The SMILES string of the molecule is Cl.NC(CCO)c1cc(OCc2ccccc2)cc(OCc2ccccc2)c1. The van der Waals surface area contributed by atoms with Crippen LogP contribution in [0.1, 0.15) is 29.2 Å². The van der Waals surface area contributed by atoms with Crippen LogP contribution in [-0.4, -0.2) is 11.7 Å². The monoisotopic (exact) mass is 399 g/mol. The summed E-state index contributed by atoms with van der Waals surface area (Å²) in [4.78, 5) is 0. The third-order valence-electron chi connectivity index (χ3n) is 4.27. The highest BCUT2D eigenvalue weighted by molar-refractivity contribution is 5.85. The highest BCUT2D eigenvalue weighted by atomic mass is 35.5. The van der Waals surface area contributed by atoms with E-state index in [9.17, 15) is 5.11 Å². The lowest BCUT2D eigenvalue weighted by atomic mass is 10.0. The van der Waals surface area contributed by atoms with Gasteiger partial charge in [0, 0.05) is 18.7 Å². The third kappa shape index (κ3) is 6.57. The van der Waals surface area contributed by atoms with Crippen LogP contribution in [0.2, 0.25) is 0 Å². The van der Waals surface area contributed by atoms with E-state index in [1.165, 1.54) is 0 Å². The third-order valence-corrected chi connectivity index (χ3v) is 4.27. The highest BCUT2D eigenvalue weighted by Gasteiger charge is 2.10. The molecule has 0 radical (unpaired) electrons. The summed E-state index contributed by atoms with van der Waals surface area (Å²) in [5.41, 5.74) is 9.26. The molecule has 28 heavy (non-hydrogen) atoms. The van der Waals surface area contributed by atoms with Gasteiger partial charge in [-0.1, -0.05) is 60.7 Å². The molecule has 3 aromatic rings. The number of halogens is 1. The van der Waals surface area contributed by atoms with Gasteiger partial charge >= 0.3 is 0 Å². The van der Waals surface area contributed by atoms with Gasteiger partial charge in [0.1, 0.15) is 24.7 Å². The zero-order chi connectivity index (χ0) is 18.9. The van der Waals surface area contributed by atoms with Crippen molar-refractivity contribution in [3.8, 4) is 11.5 Å². The van der Waals surface area contributed by atoms with Crippen molar-refractivity contribution in [1.29, 1.82) is 0 Å². The molecule has 0 fully saturated rings. The van der Waals surface area contributed by atoms with Gasteiger partial charge in [0.15, 0.2) is 0 Å². The van der Waals surface area contributed by atoms with Gasteiger partial charge in [-0.05, 0) is 35.2 Å². The first-order valence-corrected chi connectivity index (χ1v) is 9.09. The van der Waals surface area contributed by atoms with Crippen molar-refractivity contribution >= 4 is 12.4 Å². The fraction of sp³-hybridized carbons (Fsp3) is 0.217. The van der Waals surface area contributed by atoms with Crippen LogP contribution in [0.15, 0.2) is 78.9 Å². The Hall–Kier alpha value is -2.53. The summed E-state index contributed by atoms with van der Waals surface area (Å²) in [6, 6.07) is 25.4. The quantitative estimate of drug-likeness (QED) is 0.549. The van der Waals surface area contributed by atoms with Crippen molar-refractivity contribution in [2.45, 2.75) is 25.7 Å². The van der Waals surface area contributed by atoms with Crippen molar-refractivity contribution in [2.24, 2.45) is 5.73 Å². The minimum absolute atomic E-state index is 0. The van der Waals surface area contributed by atoms with E-state index < -0.39 is 0 Å². The molecule has 148 valence electrons. The second kappa shape index (κ2) is 11.3. The van der Waals surface area contributed by atoms with Crippen LogP contribution in [0, 0.1) is 0 Å². The number of nitrogens with two attached hydrogens (primary N) is 1. The summed E-state index contributed by atoms with van der Waals surface area (Å²) in [5, 5.41) is 9.20. The predicted octanol–water partition coefficient (Wildman–Crippen LogP) is 4.65. The molecule has 4 nitrogen and oxygen atoms in total. The summed E-state index contributed by atoms with van der Waals surface area (Å²) >= 11 is 0. The van der Waals surface area contributed by atoms with Gasteiger partial charge in [0.2, 0.25) is 0 Å². The van der Waals surface area contributed by atoms with Crippen molar-refractivity contribution in [2.75, 3.05) is 6.61 Å². The Morgan fingerprint density at radius 1 is 0.750 bits per heavy atom. The first-order chi connectivity index (χ1) is 13.2. The molecule has 0 aliphatic carbocycles. The van der Waals surface area contributed by atoms with E-state index >= 15 is 0 Å². The molecule has 0 aliphatic heterocycles. The van der Waals surface area contributed by atoms with E-state index in [2.05, 4.69) is 0 Å². The lowest BCUT2D eigenvalue weighted by Gasteiger charge is -2.16. The standard InChI is InChI=1S/C23H25NO3.ClH/c24-23(11-12-25)20-13-21(26-16-18-7-3-1-4-8-18)15-22(14-20)27-17-19-9-5-2-6-10-19;/h1-10,13-15,23,25H,11-12,16-17,24H2;1H. The lowest BCUT2D eigenvalue weighted by Crippen LogP contribution is -2.12. The van der Waals surface area contributed by atoms with Gasteiger partial charge < -0.3 is 20.3 Å². The smallest absolute Gasteiger partial charge is 0.123 e. The van der Waals surface area contributed by atoms with E-state index in [0.29, 0.717) is 31.1 Å². The van der Waals surface area contributed by atoms with Crippen molar-refractivity contribution in [3.05, 3.63) is 95.6 Å². The van der Waals surface area contributed by atoms with Crippen LogP contribution >= 0.6 is 12.4 Å². The molecular formula is C23H26ClNO3. The molecule has 0 aromatic heterocycles. The molecule has 0 saturated carbocycles. The van der Waals surface area contributed by atoms with E-state index in [4.69, 9.17) is 15.2 Å². The number of benzene rings is 3. The molecule has 1 unspecified atom stereocenters. The number of hydrogen-bond acceptors (Lipinski definition) is 4. The molecule has 0 spiro atoms. The maximum absolute atomic E-state index is 9.20. The van der Waals surface area contributed by atoms with Crippen LogP contribution in [0.5, 0.6) is 11.5 Å². The fourth-order valence-electron chi connectivity index (χ4n) is 2.76. The van der Waals surface area contributed by atoms with Gasteiger partial charge in [-0.2, -0.15) is 0 Å². The first kappa shape index (κ1) is 21.8. The normalized spacial score (nSPS) is 11.4. The van der Waals surface area contributed by atoms with Crippen molar-refractivity contribution in [3.63, 3.8) is 0 Å². The van der Waals surface area contributed by atoms with Crippen molar-refractivity contribution < 1.29 is 14.6 Å². The van der Waals surface area contributed by atoms with Crippen LogP contribution in [0.25, 0.3) is 0 Å². The van der Waals surface area contributed by atoms with Crippen LogP contribution in [-0.2, 0) is 13.2 Å². The van der Waals surface area contributed by atoms with E-state index in [1.807, 2.05) is 78.9 Å². The molecule has 3 aromatic carbocycles. The van der Waals surface area contributed by atoms with E-state index in [0.717, 1.165) is 16.7 Å². The Morgan fingerprint density at radius 3 is 1.64 bits per heavy atom. The van der Waals surface area contributed by atoms with Gasteiger partial charge in [0.05, 0.1) is 0 Å². The summed E-state index contributed by atoms with van der Waals surface area (Å²) < 4.78 is 11.9. The second-order valence-electron chi connectivity index (χ2n) is 6.41. The number of rotatable bonds is 9. The molecule has 3 N–H and O–H groups in total. The average Bonchev–Trinajstić information content (AvgIpc) is 2.72. The molecule has 0 bridgehead atoms. The topological polar surface area (TPSA) is 64.7 Å². The molecule has 0 heterocycles. The van der Waals surface area contributed by atoms with Gasteiger partial charge in [-0.15, -0.1) is 12.4 Å². The van der Waals surface area contributed by atoms with Crippen LogP contribution in [0.3, 0.4) is 0 Å². The molecule has 3 rings (SSSR count). The summed E-state index contributed by atoms with van der Waals surface area (Å²) in [6.07, 6.45) is 0.486. The maximum atomic E-state index is 9.20. The minimum Gasteiger partial charge on any atom is -0.489 e. The molecule has 5 heteroatoms. The van der Waals surface area contributed by atoms with Gasteiger partial charge in [-0.25, -0.2) is 0 Å². The first-order valence-electron chi connectivity index (χ1n) is 9.09. The minimum atomic E-state index is -0.269. The Balaban J connectivity index is 0.00000280. The Labute approximate surface area is 172 Å². The lowest BCUT2D eigenvalue weighted by molar-refractivity contribution is 0.274. The number of hydrogen-bond donors (Lipinski definition) is 2. The predicted molar refractivity (Wildman–Crippen MR) is 114 cm³/mol. The van der Waals surface area contributed by atoms with Gasteiger partial charge in [-0.3, -0.25) is 0 Å². The number of ether oxygens (including phenoxy) is 2. The number of aliphatic hydroxyl groups is 1. The highest BCUT2D eigenvalue weighted by Crippen LogP contribution is 2.28. The van der Waals surface area contributed by atoms with Crippen LogP contribution in [0.4, 0.5) is 0 Å². The molecule has 0 saturated heterocycles. The van der Waals surface area contributed by atoms with Crippen LogP contribution < -0.4 is 15.2 Å². The summed E-state index contributed by atoms with van der Waals surface area (Å²) in [6.45, 7) is 0.978. The Morgan fingerprint density at radius 2 is 1.21 bits per heavy atom. The largest absolute Gasteiger partial charge is 0.489 e. The Bertz CT molecular complexity index is 766. The molecule has 0 aliphatic rings. The average molecular weight is 400 g/mol. The molecular weight excluding hydrogens is 374 g/mol. The van der Waals surface area contributed by atoms with E-state index in [-0.39, 0.29) is 25.1 Å². The van der Waals surface area contributed by atoms with Crippen molar-refractivity contribution in [1.82, 2.24) is 0 Å². The maximum Gasteiger partial charge on any atom is 0.123 e. The summed E-state index contributed by atoms with van der Waals surface area (Å²) in [5.74, 6) is 1.40. The zero-order valence-electron chi connectivity index (χ0n) is 15.7. The number of aliphatic hydroxyl groups excluding tert-OH is 1. The molecule has 0 amide bonds. The molecule has 1 atom stereocenters.